The Morgan fingerprint density at radius 3 is 1.45 bits per heavy atom. The third-order valence-electron chi connectivity index (χ3n) is 25.3. The zero-order chi connectivity index (χ0) is 70.9. The fourth-order valence-corrected chi connectivity index (χ4v) is 24.8. The van der Waals surface area contributed by atoms with Gasteiger partial charge in [-0.1, -0.05) is 64.8 Å². The number of carbonyl (C=O) groups is 7. The maximum absolute atomic E-state index is 14.1. The fourth-order valence-electron chi connectivity index (χ4n) is 20.6. The Hall–Kier alpha value is -7.00. The zero-order valence-electron chi connectivity index (χ0n) is 57.5. The average molecular weight is 1420 g/mol. The topological polar surface area (TPSA) is 330 Å². The minimum atomic E-state index is -3.13. The molecule has 2 aromatic heterocycles. The van der Waals surface area contributed by atoms with E-state index in [4.69, 9.17) is 19.7 Å². The fraction of sp³-hybridized carbons (Fsp3) is 0.603. The normalized spacial score (nSPS) is 35.4. The molecule has 532 valence electrons. The van der Waals surface area contributed by atoms with Crippen molar-refractivity contribution in [3.8, 4) is 11.4 Å². The largest absolute Gasteiger partial charge is 0.478 e. The van der Waals surface area contributed by atoms with Crippen molar-refractivity contribution in [3.63, 3.8) is 0 Å². The van der Waals surface area contributed by atoms with Crippen molar-refractivity contribution in [1.29, 1.82) is 0 Å². The number of rotatable bonds is 12. The summed E-state index contributed by atoms with van der Waals surface area (Å²) < 4.78 is 63.1. The molecule has 26 heteroatoms. The Labute approximate surface area is 581 Å². The van der Waals surface area contributed by atoms with Gasteiger partial charge in [-0.05, 0) is 196 Å². The van der Waals surface area contributed by atoms with Crippen LogP contribution >= 0.6 is 11.8 Å². The highest BCUT2D eigenvalue weighted by Gasteiger charge is 2.73. The zero-order valence-corrected chi connectivity index (χ0v) is 59.9. The first-order chi connectivity index (χ1) is 46.7. The number of amides is 3. The highest BCUT2D eigenvalue weighted by molar-refractivity contribution is 8.26. The van der Waals surface area contributed by atoms with Crippen molar-refractivity contribution in [3.05, 3.63) is 106 Å². The maximum atomic E-state index is 14.1. The predicted octanol–water partition coefficient (Wildman–Crippen LogP) is 8.29. The number of aliphatic hydroxyl groups excluding tert-OH is 2. The second-order valence-electron chi connectivity index (χ2n) is 31.0. The van der Waals surface area contributed by atoms with E-state index in [0.717, 1.165) is 59.6 Å². The van der Waals surface area contributed by atoms with Crippen molar-refractivity contribution >= 4 is 83.7 Å². The van der Waals surface area contributed by atoms with Gasteiger partial charge in [-0.15, -0.1) is 0 Å². The van der Waals surface area contributed by atoms with Gasteiger partial charge in [0.2, 0.25) is 10.7 Å². The van der Waals surface area contributed by atoms with E-state index < -0.39 is 94.3 Å². The van der Waals surface area contributed by atoms with E-state index in [0.29, 0.717) is 67.8 Å². The van der Waals surface area contributed by atoms with Crippen LogP contribution in [0.1, 0.15) is 175 Å². The molecule has 10 aliphatic rings. The molecule has 5 N–H and O–H groups in total. The summed E-state index contributed by atoms with van der Waals surface area (Å²) in [6.07, 6.45) is 14.4. The molecule has 16 atom stereocenters. The molecule has 0 bridgehead atoms. The molecule has 8 fully saturated rings. The first kappa shape index (κ1) is 70.4. The van der Waals surface area contributed by atoms with E-state index in [1.807, 2.05) is 47.7 Å². The third kappa shape index (κ3) is 11.8. The summed E-state index contributed by atoms with van der Waals surface area (Å²) in [7, 11) is -3.08. The molecule has 23 nitrogen and oxygen atoms in total. The van der Waals surface area contributed by atoms with Crippen LogP contribution in [0.2, 0.25) is 0 Å². The van der Waals surface area contributed by atoms with Crippen LogP contribution in [0, 0.1) is 57.2 Å². The van der Waals surface area contributed by atoms with Crippen molar-refractivity contribution in [1.82, 2.24) is 35.1 Å². The van der Waals surface area contributed by atoms with Crippen molar-refractivity contribution < 1.29 is 75.2 Å². The van der Waals surface area contributed by atoms with Crippen LogP contribution in [0.25, 0.3) is 23.5 Å². The number of carboxylic acid groups (broad SMARTS) is 1. The number of aliphatic carboxylic acids is 1. The number of hydrogen-bond acceptors (Lipinski definition) is 18. The van der Waals surface area contributed by atoms with Gasteiger partial charge in [0.15, 0.2) is 25.3 Å². The molecule has 0 radical (unpaired) electrons. The van der Waals surface area contributed by atoms with Crippen LogP contribution in [-0.2, 0) is 61.2 Å². The molecule has 0 spiro atoms. The van der Waals surface area contributed by atoms with Gasteiger partial charge in [0.05, 0.1) is 70.4 Å². The van der Waals surface area contributed by atoms with E-state index in [2.05, 4.69) is 36.6 Å². The van der Waals surface area contributed by atoms with E-state index in [-0.39, 0.29) is 113 Å². The third-order valence-corrected chi connectivity index (χ3v) is 29.9. The smallest absolute Gasteiger partial charge is 0.348 e. The molecule has 2 aromatic carbocycles. The summed E-state index contributed by atoms with van der Waals surface area (Å²) in [5, 5.41) is 48.9. The Morgan fingerprint density at radius 1 is 0.626 bits per heavy atom. The number of ether oxygens (including phenoxy) is 2. The summed E-state index contributed by atoms with van der Waals surface area (Å²) in [6, 6.07) is 13.5. The van der Waals surface area contributed by atoms with Crippen LogP contribution < -0.4 is 10.6 Å². The molecule has 4 heterocycles. The molecular formula is C73H91N7O16S3. The highest BCUT2D eigenvalue weighted by Crippen LogP contribution is 2.71. The molecule has 3 amide bonds. The second kappa shape index (κ2) is 25.5. The van der Waals surface area contributed by atoms with Gasteiger partial charge in [0.25, 0.3) is 17.1 Å². The van der Waals surface area contributed by atoms with E-state index in [1.54, 1.807) is 64.3 Å². The van der Waals surface area contributed by atoms with E-state index in [9.17, 15) is 65.7 Å². The van der Waals surface area contributed by atoms with Crippen molar-refractivity contribution in [2.45, 2.75) is 180 Å². The van der Waals surface area contributed by atoms with Gasteiger partial charge >= 0.3 is 17.9 Å². The molecule has 8 aliphatic carbocycles. The number of nitrogens with one attached hydrogen (secondary N) is 2. The van der Waals surface area contributed by atoms with E-state index >= 15 is 0 Å². The second-order valence-corrected chi connectivity index (χ2v) is 36.4. The van der Waals surface area contributed by atoms with Gasteiger partial charge in [0, 0.05) is 72.7 Å². The van der Waals surface area contributed by atoms with Crippen LogP contribution in [-0.4, -0.2) is 169 Å². The summed E-state index contributed by atoms with van der Waals surface area (Å²) in [6.45, 7) is 11.7. The lowest BCUT2D eigenvalue weighted by atomic mass is 9.45. The number of carboxylic acids is 1. The molecule has 99 heavy (non-hydrogen) atoms. The standard InChI is InChI=1S/C38H48N4O8S2.C35H43N3O8S/c1-6-31(44)50-38(34(46)51-35(47)41(4)5)14-12-28-27-11-10-24-17-29-23(18-36(24,2)32(27)30(43)19-37(28,38)3)20-39-42(29)26-9-7-8-22(16-26)33(45)40-25-13-15-52(48,49)21-25;1-4-29(40)46-35(32(42)43)12-10-26-25-9-8-22-15-27-21(16-33(22,2)30(25)28(39)17-34(26,35)3)18-36-38(27)24-7-5-6-20(14-24)31(41)37-23-11-13-47(44,45)19-23/h7-9,16-17,20,25,27-28,30,32,43H,6,10-15,18-19,21H2,1-5H3,(H,40,45);5-7,14-15,18,23,25-26,28,30,39H,4,8-13,16-17,19H2,1-3H3,(H,37,41)(H,42,43)/t25?,27-,28-,30-,32+,36-,37-,38-;23?,25-,26-,28-,30+,33-,34-,35-/m00/s1. The molecule has 2 unspecified atom stereocenters. The number of aliphatic hydroxyl groups is 2. The Balaban J connectivity index is 0.000000179. The summed E-state index contributed by atoms with van der Waals surface area (Å²) >= 11 is 0.587. The Bertz CT molecular complexity index is 4310. The molecule has 6 saturated carbocycles. The van der Waals surface area contributed by atoms with Gasteiger partial charge in [-0.3, -0.25) is 28.8 Å². The predicted molar refractivity (Wildman–Crippen MR) is 369 cm³/mol. The minimum Gasteiger partial charge on any atom is -0.478 e. The molecule has 4 aromatic rings. The Kier molecular flexibility index (Phi) is 18.1. The van der Waals surface area contributed by atoms with Crippen molar-refractivity contribution in [2.24, 2.45) is 57.2 Å². The van der Waals surface area contributed by atoms with Gasteiger partial charge < -0.3 is 40.3 Å². The number of carbonyl (C=O) groups excluding carboxylic acids is 6. The number of hydrogen-bond donors (Lipinski definition) is 5. The van der Waals surface area contributed by atoms with Gasteiger partial charge in [-0.25, -0.2) is 31.0 Å². The quantitative estimate of drug-likeness (QED) is 0.0832. The number of nitrogens with zero attached hydrogens (tertiary/aromatic N) is 5. The van der Waals surface area contributed by atoms with Crippen LogP contribution in [0.15, 0.2) is 72.1 Å². The van der Waals surface area contributed by atoms with Crippen molar-refractivity contribution in [2.75, 3.05) is 37.1 Å². The van der Waals surface area contributed by atoms with Crippen LogP contribution in [0.4, 0.5) is 4.79 Å². The monoisotopic (exact) mass is 1420 g/mol. The number of benzene rings is 2. The first-order valence-corrected chi connectivity index (χ1v) is 39.4. The molecular weight excluding hydrogens is 1330 g/mol. The highest BCUT2D eigenvalue weighted by atomic mass is 32.2. The average Bonchev–Trinajstić information content (AvgIpc) is 1.62. The lowest BCUT2D eigenvalue weighted by molar-refractivity contribution is -0.210. The Morgan fingerprint density at radius 2 is 1.05 bits per heavy atom. The van der Waals surface area contributed by atoms with Crippen LogP contribution in [0.5, 0.6) is 0 Å². The SMILES string of the molecule is CCC(=O)O[C@]1(C(=O)O)CC[C@H]2[C@@H]3CCC4=Cc5c(cnn5-c5cccc(C(=O)NC6CCS(=O)(=O)C6)c5)C[C@]4(C)[C@H]3[C@@H](O)C[C@@]21C.CCC(=O)O[C@]1(C(=O)SC(=O)N(C)C)CC[C@H]2[C@@H]3CCC4=Cc5c(cnn5-c5cccc(C(=O)NC6CCS(=O)(=O)C6)c5)C[C@]4(C)[C@H]3[C@@H](O)C[C@@]21C. The summed E-state index contributed by atoms with van der Waals surface area (Å²) in [5.41, 5.74) is 3.06. The van der Waals surface area contributed by atoms with Crippen LogP contribution in [0.3, 0.4) is 0 Å². The molecule has 14 rings (SSSR count). The number of aromatic nitrogens is 4. The number of allylic oxidation sites excluding steroid dienone is 2. The minimum absolute atomic E-state index is 0.00243. The van der Waals surface area contributed by atoms with E-state index in [1.165, 1.54) is 16.0 Å². The lowest BCUT2D eigenvalue weighted by Crippen LogP contribution is -2.63. The number of thioether (sulfide) groups is 1. The molecule has 2 saturated heterocycles. The molecule has 2 aliphatic heterocycles. The number of esters is 2. The lowest BCUT2D eigenvalue weighted by Gasteiger charge is -2.60. The maximum Gasteiger partial charge on any atom is 0.348 e. The number of sulfone groups is 2. The first-order valence-electron chi connectivity index (χ1n) is 35.0. The summed E-state index contributed by atoms with van der Waals surface area (Å²) in [5.74, 6) is -2.74. The van der Waals surface area contributed by atoms with Gasteiger partial charge in [-0.2, -0.15) is 10.2 Å². The summed E-state index contributed by atoms with van der Waals surface area (Å²) in [4.78, 5) is 92.4. The van der Waals surface area contributed by atoms with Gasteiger partial charge in [0.1, 0.15) is 0 Å². The number of fused-ring (bicyclic) bond motifs is 12.